The molecule has 0 aliphatic carbocycles. The molecule has 0 fully saturated rings. The van der Waals surface area contributed by atoms with Crippen LogP contribution in [-0.4, -0.2) is 27.6 Å². The highest BCUT2D eigenvalue weighted by Gasteiger charge is 2.20. The lowest BCUT2D eigenvalue weighted by molar-refractivity contribution is 0.386. The van der Waals surface area contributed by atoms with Gasteiger partial charge in [-0.3, -0.25) is 0 Å². The fraction of sp³-hybridized carbons (Fsp3) is 0.308. The number of hydrogen-bond donors (Lipinski definition) is 1. The Morgan fingerprint density at radius 3 is 2.62 bits per heavy atom. The van der Waals surface area contributed by atoms with E-state index in [1.807, 2.05) is 12.3 Å². The summed E-state index contributed by atoms with van der Waals surface area (Å²) in [5.74, 6) is 0.763. The van der Waals surface area contributed by atoms with Crippen molar-refractivity contribution in [3.8, 4) is 11.5 Å². The molecule has 0 aliphatic rings. The van der Waals surface area contributed by atoms with Gasteiger partial charge in [0, 0.05) is 17.1 Å². The van der Waals surface area contributed by atoms with Crippen LogP contribution >= 0.6 is 11.3 Å². The highest BCUT2D eigenvalue weighted by Crippen LogP contribution is 2.28. The van der Waals surface area contributed by atoms with Gasteiger partial charge in [0.05, 0.1) is 20.8 Å². The number of thiazole rings is 1. The summed E-state index contributed by atoms with van der Waals surface area (Å²) < 4.78 is 37.4. The molecule has 0 spiro atoms. The molecule has 2 rings (SSSR count). The molecule has 6 nitrogen and oxygen atoms in total. The number of aromatic nitrogens is 1. The molecular weight excluding hydrogens is 312 g/mol. The minimum Gasteiger partial charge on any atom is -0.497 e. The molecule has 0 amide bonds. The van der Waals surface area contributed by atoms with Gasteiger partial charge in [0.2, 0.25) is 10.0 Å². The lowest BCUT2D eigenvalue weighted by Crippen LogP contribution is -2.23. The number of nitrogens with one attached hydrogen (secondary N) is 1. The third-order valence-corrected chi connectivity index (χ3v) is 5.15. The van der Waals surface area contributed by atoms with E-state index in [9.17, 15) is 8.42 Å². The van der Waals surface area contributed by atoms with Crippen molar-refractivity contribution in [2.24, 2.45) is 0 Å². The quantitative estimate of drug-likeness (QED) is 0.877. The van der Waals surface area contributed by atoms with E-state index in [0.29, 0.717) is 10.8 Å². The normalized spacial score (nSPS) is 11.4. The van der Waals surface area contributed by atoms with Gasteiger partial charge >= 0.3 is 0 Å². The fourth-order valence-corrected chi connectivity index (χ4v) is 3.65. The minimum atomic E-state index is -3.68. The summed E-state index contributed by atoms with van der Waals surface area (Å²) >= 11 is 1.41. The third kappa shape index (κ3) is 3.72. The summed E-state index contributed by atoms with van der Waals surface area (Å²) in [6.07, 6.45) is 0. The monoisotopic (exact) mass is 328 g/mol. The van der Waals surface area contributed by atoms with Gasteiger partial charge < -0.3 is 9.47 Å². The van der Waals surface area contributed by atoms with Gasteiger partial charge in [-0.25, -0.2) is 18.1 Å². The van der Waals surface area contributed by atoms with Crippen LogP contribution < -0.4 is 14.2 Å². The lowest BCUT2D eigenvalue weighted by Gasteiger charge is -2.11. The molecule has 2 aromatic rings. The highest BCUT2D eigenvalue weighted by molar-refractivity contribution is 7.89. The van der Waals surface area contributed by atoms with Crippen LogP contribution in [0.3, 0.4) is 0 Å². The van der Waals surface area contributed by atoms with E-state index in [4.69, 9.17) is 9.47 Å². The number of ether oxygens (including phenoxy) is 2. The molecule has 0 bridgehead atoms. The van der Waals surface area contributed by atoms with Gasteiger partial charge in [-0.15, -0.1) is 11.3 Å². The second kappa shape index (κ2) is 6.42. The molecule has 0 saturated heterocycles. The predicted octanol–water partition coefficient (Wildman–Crippen LogP) is 1.95. The van der Waals surface area contributed by atoms with E-state index in [2.05, 4.69) is 9.71 Å². The Balaban J connectivity index is 2.22. The van der Waals surface area contributed by atoms with Crippen molar-refractivity contribution < 1.29 is 17.9 Å². The molecule has 114 valence electrons. The third-order valence-electron chi connectivity index (χ3n) is 2.74. The summed E-state index contributed by atoms with van der Waals surface area (Å²) in [6.45, 7) is 2.01. The van der Waals surface area contributed by atoms with Crippen LogP contribution in [0.2, 0.25) is 0 Å². The molecule has 1 N–H and O–H groups in total. The zero-order valence-electron chi connectivity index (χ0n) is 11.9. The predicted molar refractivity (Wildman–Crippen MR) is 80.4 cm³/mol. The number of sulfonamides is 1. The van der Waals surface area contributed by atoms with Crippen molar-refractivity contribution >= 4 is 21.4 Å². The molecule has 8 heteroatoms. The van der Waals surface area contributed by atoms with Crippen LogP contribution in [0.1, 0.15) is 10.7 Å². The highest BCUT2D eigenvalue weighted by atomic mass is 32.2. The maximum atomic E-state index is 12.3. The number of rotatable bonds is 6. The van der Waals surface area contributed by atoms with Crippen molar-refractivity contribution in [2.45, 2.75) is 18.4 Å². The SMILES string of the molecule is COc1ccc(S(=O)(=O)NCc2nc(C)cs2)c(OC)c1. The molecule has 1 aromatic heterocycles. The van der Waals surface area contributed by atoms with Crippen LogP contribution in [0, 0.1) is 6.92 Å². The Morgan fingerprint density at radius 2 is 2.05 bits per heavy atom. The smallest absolute Gasteiger partial charge is 0.244 e. The second-order valence-electron chi connectivity index (χ2n) is 4.22. The molecule has 1 aromatic carbocycles. The number of aryl methyl sites for hydroxylation is 1. The average Bonchev–Trinajstić information content (AvgIpc) is 2.90. The minimum absolute atomic E-state index is 0.0686. The molecular formula is C13H16N2O4S2. The Hall–Kier alpha value is -1.64. The van der Waals surface area contributed by atoms with Crippen molar-refractivity contribution in [2.75, 3.05) is 14.2 Å². The number of nitrogens with zero attached hydrogens (tertiary/aromatic N) is 1. The van der Waals surface area contributed by atoms with Crippen LogP contribution in [-0.2, 0) is 16.6 Å². The van der Waals surface area contributed by atoms with Gasteiger partial charge in [0.25, 0.3) is 0 Å². The number of hydrogen-bond acceptors (Lipinski definition) is 6. The molecule has 0 atom stereocenters. The van der Waals surface area contributed by atoms with Crippen LogP contribution in [0.5, 0.6) is 11.5 Å². The van der Waals surface area contributed by atoms with Gasteiger partial charge in [-0.2, -0.15) is 0 Å². The maximum Gasteiger partial charge on any atom is 0.244 e. The van der Waals surface area contributed by atoms with Crippen LogP contribution in [0.25, 0.3) is 0 Å². The van der Waals surface area contributed by atoms with Crippen molar-refractivity contribution in [3.05, 3.63) is 34.3 Å². The first-order chi connectivity index (χ1) is 9.96. The van der Waals surface area contributed by atoms with E-state index in [-0.39, 0.29) is 17.2 Å². The first kappa shape index (κ1) is 15.7. The Labute approximate surface area is 127 Å². The first-order valence-corrected chi connectivity index (χ1v) is 8.45. The van der Waals surface area contributed by atoms with Gasteiger partial charge in [-0.05, 0) is 19.1 Å². The molecule has 0 radical (unpaired) electrons. The summed E-state index contributed by atoms with van der Waals surface area (Å²) in [6, 6.07) is 4.56. The fourth-order valence-electron chi connectivity index (χ4n) is 1.72. The first-order valence-electron chi connectivity index (χ1n) is 6.09. The summed E-state index contributed by atoms with van der Waals surface area (Å²) in [5, 5.41) is 2.58. The zero-order chi connectivity index (χ0) is 15.5. The number of benzene rings is 1. The Morgan fingerprint density at radius 1 is 1.29 bits per heavy atom. The molecule has 0 unspecified atom stereocenters. The second-order valence-corrected chi connectivity index (χ2v) is 6.90. The topological polar surface area (TPSA) is 77.5 Å². The van der Waals surface area contributed by atoms with E-state index >= 15 is 0 Å². The lowest BCUT2D eigenvalue weighted by atomic mass is 10.3. The Bertz CT molecular complexity index is 726. The van der Waals surface area contributed by atoms with Crippen LogP contribution in [0.4, 0.5) is 0 Å². The maximum absolute atomic E-state index is 12.3. The van der Waals surface area contributed by atoms with Crippen LogP contribution in [0.15, 0.2) is 28.5 Å². The molecule has 0 saturated carbocycles. The zero-order valence-corrected chi connectivity index (χ0v) is 13.5. The Kier molecular flexibility index (Phi) is 4.81. The molecule has 0 aliphatic heterocycles. The van der Waals surface area contributed by atoms with Gasteiger partial charge in [-0.1, -0.05) is 0 Å². The largest absolute Gasteiger partial charge is 0.497 e. The van der Waals surface area contributed by atoms with Crippen molar-refractivity contribution in [1.82, 2.24) is 9.71 Å². The standard InChI is InChI=1S/C13H16N2O4S2/c1-9-8-20-13(15-9)7-14-21(16,17)12-5-4-10(18-2)6-11(12)19-3/h4-6,8,14H,7H2,1-3H3. The van der Waals surface area contributed by atoms with Crippen molar-refractivity contribution in [3.63, 3.8) is 0 Å². The number of methoxy groups -OCH3 is 2. The summed E-state index contributed by atoms with van der Waals surface area (Å²) in [5.41, 5.74) is 0.872. The van der Waals surface area contributed by atoms with E-state index in [1.54, 1.807) is 6.07 Å². The van der Waals surface area contributed by atoms with E-state index in [1.165, 1.54) is 37.7 Å². The summed E-state index contributed by atoms with van der Waals surface area (Å²) in [7, 11) is -0.760. The van der Waals surface area contributed by atoms with Gasteiger partial charge in [0.15, 0.2) is 0 Å². The average molecular weight is 328 g/mol. The summed E-state index contributed by atoms with van der Waals surface area (Å²) in [4.78, 5) is 4.29. The van der Waals surface area contributed by atoms with E-state index < -0.39 is 10.0 Å². The van der Waals surface area contributed by atoms with E-state index in [0.717, 1.165) is 5.69 Å². The van der Waals surface area contributed by atoms with Crippen molar-refractivity contribution in [1.29, 1.82) is 0 Å². The molecule has 21 heavy (non-hydrogen) atoms. The molecule has 1 heterocycles. The van der Waals surface area contributed by atoms with Gasteiger partial charge in [0.1, 0.15) is 21.4 Å².